The van der Waals surface area contributed by atoms with Gasteiger partial charge in [-0.15, -0.1) is 0 Å². The zero-order valence-corrected chi connectivity index (χ0v) is 20.0. The van der Waals surface area contributed by atoms with Gasteiger partial charge >= 0.3 is 0 Å². The summed E-state index contributed by atoms with van der Waals surface area (Å²) in [6, 6.07) is 8.54. The molecule has 1 saturated carbocycles. The molecule has 0 aliphatic heterocycles. The lowest BCUT2D eigenvalue weighted by Gasteiger charge is -2.12. The molecule has 0 atom stereocenters. The Labute approximate surface area is 205 Å². The Morgan fingerprint density at radius 1 is 1.09 bits per heavy atom. The van der Waals surface area contributed by atoms with Crippen LogP contribution in [-0.4, -0.2) is 28.2 Å². The van der Waals surface area contributed by atoms with Crippen LogP contribution < -0.4 is 10.5 Å². The summed E-state index contributed by atoms with van der Waals surface area (Å²) in [4.78, 5) is 8.12. The molecular weight excluding hydrogens is 502 g/mol. The van der Waals surface area contributed by atoms with Crippen LogP contribution in [0.2, 0.25) is 10.0 Å². The smallest absolute Gasteiger partial charge is 0.264 e. The number of aromatic nitrogens is 4. The quantitative estimate of drug-likeness (QED) is 0.362. The van der Waals surface area contributed by atoms with Crippen LogP contribution in [0.25, 0.3) is 22.3 Å². The number of anilines is 2. The molecule has 0 radical (unpaired) electrons. The van der Waals surface area contributed by atoms with E-state index in [-0.39, 0.29) is 32.5 Å². The molecule has 0 bridgehead atoms. The number of nitrogen functional groups attached to an aromatic ring is 1. The van der Waals surface area contributed by atoms with Gasteiger partial charge < -0.3 is 5.73 Å². The Balaban J connectivity index is 1.55. The van der Waals surface area contributed by atoms with Crippen molar-refractivity contribution in [1.29, 1.82) is 0 Å². The summed E-state index contributed by atoms with van der Waals surface area (Å²) in [5.74, 6) is -0.564. The highest BCUT2D eigenvalue weighted by molar-refractivity contribution is 7.93. The van der Waals surface area contributed by atoms with Crippen LogP contribution in [0.1, 0.15) is 31.7 Å². The van der Waals surface area contributed by atoms with Gasteiger partial charge in [-0.2, -0.15) is 5.10 Å². The number of nitrogens with one attached hydrogen (secondary N) is 1. The van der Waals surface area contributed by atoms with Crippen LogP contribution in [0, 0.1) is 5.82 Å². The van der Waals surface area contributed by atoms with Gasteiger partial charge in [-0.05, 0) is 37.1 Å². The zero-order chi connectivity index (χ0) is 24.0. The Kier molecular flexibility index (Phi) is 5.83. The molecule has 2 aromatic heterocycles. The van der Waals surface area contributed by atoms with E-state index in [0.717, 1.165) is 25.7 Å². The van der Waals surface area contributed by atoms with Crippen molar-refractivity contribution >= 4 is 55.8 Å². The number of nitrogens with zero attached hydrogens (tertiary/aromatic N) is 4. The van der Waals surface area contributed by atoms with Gasteiger partial charge in [0, 0.05) is 5.56 Å². The number of sulfonamides is 1. The Hall–Kier alpha value is -2.95. The molecule has 12 heteroatoms. The van der Waals surface area contributed by atoms with E-state index in [1.807, 2.05) is 4.68 Å². The minimum atomic E-state index is -4.24. The molecule has 5 rings (SSSR count). The number of hydrogen-bond acceptors (Lipinski definition) is 6. The number of hydrogen-bond donors (Lipinski definition) is 2. The Bertz CT molecular complexity index is 1500. The van der Waals surface area contributed by atoms with Gasteiger partial charge in [-0.3, -0.25) is 4.72 Å². The van der Waals surface area contributed by atoms with Crippen molar-refractivity contribution in [3.63, 3.8) is 0 Å². The van der Waals surface area contributed by atoms with E-state index < -0.39 is 15.8 Å². The molecule has 2 aromatic carbocycles. The zero-order valence-electron chi connectivity index (χ0n) is 17.7. The molecule has 4 aromatic rings. The van der Waals surface area contributed by atoms with Gasteiger partial charge in [0.2, 0.25) is 0 Å². The molecule has 0 spiro atoms. The minimum absolute atomic E-state index is 0.0728. The molecule has 176 valence electrons. The normalized spacial score (nSPS) is 14.7. The third-order valence-corrected chi connectivity index (χ3v) is 8.18. The molecule has 2 heterocycles. The van der Waals surface area contributed by atoms with Gasteiger partial charge in [-0.25, -0.2) is 27.5 Å². The number of nitrogens with two attached hydrogens (primary N) is 1. The summed E-state index contributed by atoms with van der Waals surface area (Å²) >= 11 is 12.0. The molecule has 0 amide bonds. The van der Waals surface area contributed by atoms with Crippen molar-refractivity contribution in [3.05, 3.63) is 58.6 Å². The maximum absolute atomic E-state index is 15.1. The van der Waals surface area contributed by atoms with Crippen molar-refractivity contribution in [3.8, 4) is 11.3 Å². The maximum Gasteiger partial charge on any atom is 0.264 e. The van der Waals surface area contributed by atoms with Crippen molar-refractivity contribution in [2.75, 3.05) is 10.5 Å². The number of benzene rings is 2. The first kappa shape index (κ1) is 22.8. The first-order valence-electron chi connectivity index (χ1n) is 10.5. The molecule has 8 nitrogen and oxygen atoms in total. The predicted molar refractivity (Wildman–Crippen MR) is 130 cm³/mol. The van der Waals surface area contributed by atoms with Gasteiger partial charge in [0.1, 0.15) is 28.6 Å². The highest BCUT2D eigenvalue weighted by atomic mass is 35.5. The Morgan fingerprint density at radius 3 is 2.47 bits per heavy atom. The number of rotatable bonds is 5. The average Bonchev–Trinajstić information content (AvgIpc) is 3.43. The van der Waals surface area contributed by atoms with Crippen molar-refractivity contribution in [1.82, 2.24) is 19.7 Å². The van der Waals surface area contributed by atoms with E-state index >= 15 is 4.39 Å². The van der Waals surface area contributed by atoms with Gasteiger partial charge in [0.15, 0.2) is 5.65 Å². The lowest BCUT2D eigenvalue weighted by Crippen LogP contribution is -2.15. The standard InChI is InChI=1S/C22H19Cl2FN6O2S/c23-14-6-3-7-15(24)20(14)34(32,33)30-17-9-8-12(10-16(17)25)19-18-21(26)27-11-28-22(18)31(29-19)13-4-1-2-5-13/h3,6-11,13,30H,1-2,4-5H2,(H2,26,27,28). The molecule has 0 unspecified atom stereocenters. The lowest BCUT2D eigenvalue weighted by atomic mass is 10.1. The highest BCUT2D eigenvalue weighted by Crippen LogP contribution is 2.37. The third kappa shape index (κ3) is 3.95. The third-order valence-electron chi connectivity index (χ3n) is 5.86. The first-order valence-corrected chi connectivity index (χ1v) is 12.8. The fourth-order valence-electron chi connectivity index (χ4n) is 4.28. The van der Waals surface area contributed by atoms with Crippen LogP contribution >= 0.6 is 23.2 Å². The molecule has 3 N–H and O–H groups in total. The van der Waals surface area contributed by atoms with E-state index in [2.05, 4.69) is 14.7 Å². The second kappa shape index (κ2) is 8.68. The van der Waals surface area contributed by atoms with E-state index in [1.165, 1.54) is 36.7 Å². The SMILES string of the molecule is Nc1ncnc2c1c(-c1ccc(NS(=O)(=O)c3c(Cl)cccc3Cl)c(F)c1)nn2C1CCCC1. The highest BCUT2D eigenvalue weighted by Gasteiger charge is 2.26. The lowest BCUT2D eigenvalue weighted by molar-refractivity contribution is 0.479. The summed E-state index contributed by atoms with van der Waals surface area (Å²) in [5, 5.41) is 5.10. The first-order chi connectivity index (χ1) is 16.3. The van der Waals surface area contributed by atoms with E-state index in [1.54, 1.807) is 6.07 Å². The molecule has 1 aliphatic rings. The average molecular weight is 521 g/mol. The van der Waals surface area contributed by atoms with Gasteiger partial charge in [0.05, 0.1) is 27.2 Å². The molecule has 1 fully saturated rings. The summed E-state index contributed by atoms with van der Waals surface area (Å²) < 4.78 is 44.8. The largest absolute Gasteiger partial charge is 0.383 e. The van der Waals surface area contributed by atoms with E-state index in [4.69, 9.17) is 34.0 Å². The number of fused-ring (bicyclic) bond motifs is 1. The summed E-state index contributed by atoms with van der Waals surface area (Å²) in [7, 11) is -4.24. The Morgan fingerprint density at radius 2 is 1.79 bits per heavy atom. The molecule has 34 heavy (non-hydrogen) atoms. The van der Waals surface area contributed by atoms with Gasteiger partial charge in [-0.1, -0.05) is 48.2 Å². The van der Waals surface area contributed by atoms with E-state index in [9.17, 15) is 8.42 Å². The van der Waals surface area contributed by atoms with Crippen LogP contribution in [0.4, 0.5) is 15.9 Å². The second-order valence-electron chi connectivity index (χ2n) is 8.04. The van der Waals surface area contributed by atoms with Crippen molar-refractivity contribution in [2.24, 2.45) is 0 Å². The van der Waals surface area contributed by atoms with Crippen LogP contribution in [0.3, 0.4) is 0 Å². The summed E-state index contributed by atoms with van der Waals surface area (Å²) in [6.07, 6.45) is 5.52. The monoisotopic (exact) mass is 520 g/mol. The van der Waals surface area contributed by atoms with Crippen molar-refractivity contribution < 1.29 is 12.8 Å². The van der Waals surface area contributed by atoms with E-state index in [0.29, 0.717) is 22.3 Å². The fraction of sp³-hybridized carbons (Fsp3) is 0.227. The van der Waals surface area contributed by atoms with Crippen LogP contribution in [-0.2, 0) is 10.0 Å². The molecular formula is C22H19Cl2FN6O2S. The van der Waals surface area contributed by atoms with Crippen LogP contribution in [0.15, 0.2) is 47.6 Å². The van der Waals surface area contributed by atoms with Crippen LogP contribution in [0.5, 0.6) is 0 Å². The van der Waals surface area contributed by atoms with Crippen molar-refractivity contribution in [2.45, 2.75) is 36.6 Å². The minimum Gasteiger partial charge on any atom is -0.383 e. The van der Waals surface area contributed by atoms with Gasteiger partial charge in [0.25, 0.3) is 10.0 Å². The topological polar surface area (TPSA) is 116 Å². The summed E-state index contributed by atoms with van der Waals surface area (Å²) in [5.41, 5.74) is 7.31. The fourth-order valence-corrected chi connectivity index (χ4v) is 6.49. The predicted octanol–water partition coefficient (Wildman–Crippen LogP) is 5.44. The second-order valence-corrected chi connectivity index (χ2v) is 10.5. The maximum atomic E-state index is 15.1. The number of halogens is 3. The molecule has 0 saturated heterocycles. The molecule has 1 aliphatic carbocycles. The summed E-state index contributed by atoms with van der Waals surface area (Å²) in [6.45, 7) is 0.